The smallest absolute Gasteiger partial charge is 0.295 e. The van der Waals surface area contributed by atoms with Crippen LogP contribution in [0.5, 0.6) is 0 Å². The number of carbonyl (C=O) groups excluding carboxylic acids is 2. The third kappa shape index (κ3) is 4.00. The van der Waals surface area contributed by atoms with Crippen molar-refractivity contribution in [3.63, 3.8) is 0 Å². The molecule has 0 aliphatic carbocycles. The second-order valence-electron chi connectivity index (χ2n) is 6.71. The summed E-state index contributed by atoms with van der Waals surface area (Å²) in [6, 6.07) is 11.1. The Bertz CT molecular complexity index is 1000. The lowest BCUT2D eigenvalue weighted by Crippen LogP contribution is -2.30. The number of rotatable bonds is 6. The molecule has 1 heterocycles. The van der Waals surface area contributed by atoms with Crippen molar-refractivity contribution >= 4 is 34.7 Å². The van der Waals surface area contributed by atoms with Crippen molar-refractivity contribution < 1.29 is 19.6 Å². The molecule has 1 fully saturated rings. The topological polar surface area (TPSA) is 101 Å². The summed E-state index contributed by atoms with van der Waals surface area (Å²) in [7, 11) is 0. The van der Waals surface area contributed by atoms with E-state index in [-0.39, 0.29) is 17.0 Å². The van der Waals surface area contributed by atoms with E-state index in [1.807, 2.05) is 6.92 Å². The van der Waals surface area contributed by atoms with E-state index in [1.54, 1.807) is 30.3 Å². The lowest BCUT2D eigenvalue weighted by molar-refractivity contribution is -0.384. The third-order valence-electron chi connectivity index (χ3n) is 4.81. The summed E-state index contributed by atoms with van der Waals surface area (Å²) in [6.45, 7) is 2.25. The number of carbonyl (C=O) groups is 2. The molecule has 1 saturated heterocycles. The Morgan fingerprint density at radius 3 is 2.52 bits per heavy atom. The summed E-state index contributed by atoms with van der Waals surface area (Å²) in [5, 5.41) is 22.5. The van der Waals surface area contributed by atoms with Crippen LogP contribution in [0.15, 0.2) is 54.1 Å². The number of hydrogen-bond donors (Lipinski definition) is 1. The van der Waals surface area contributed by atoms with E-state index in [0.29, 0.717) is 29.1 Å². The van der Waals surface area contributed by atoms with Gasteiger partial charge in [-0.3, -0.25) is 19.7 Å². The zero-order valence-electron chi connectivity index (χ0n) is 15.7. The molecule has 0 unspecified atom stereocenters. The molecule has 1 atom stereocenters. The largest absolute Gasteiger partial charge is 0.507 e. The van der Waals surface area contributed by atoms with Crippen LogP contribution in [0.4, 0.5) is 5.69 Å². The number of nitro benzene ring substituents is 1. The zero-order chi connectivity index (χ0) is 21.1. The number of hydrogen-bond acceptors (Lipinski definition) is 5. The maximum Gasteiger partial charge on any atom is 0.295 e. The fourth-order valence-electron chi connectivity index (χ4n) is 3.36. The lowest BCUT2D eigenvalue weighted by Gasteiger charge is -2.25. The number of nitrogens with zero attached hydrogens (tertiary/aromatic N) is 2. The van der Waals surface area contributed by atoms with E-state index in [4.69, 9.17) is 11.6 Å². The molecule has 2 aromatic rings. The predicted molar refractivity (Wildman–Crippen MR) is 108 cm³/mol. The van der Waals surface area contributed by atoms with Crippen LogP contribution in [-0.4, -0.2) is 33.2 Å². The van der Waals surface area contributed by atoms with Crippen molar-refractivity contribution in [2.75, 3.05) is 6.54 Å². The van der Waals surface area contributed by atoms with Gasteiger partial charge in [0.05, 0.1) is 16.5 Å². The van der Waals surface area contributed by atoms with Gasteiger partial charge in [0.1, 0.15) is 5.76 Å². The minimum Gasteiger partial charge on any atom is -0.507 e. The van der Waals surface area contributed by atoms with E-state index in [2.05, 4.69) is 0 Å². The number of amides is 1. The van der Waals surface area contributed by atoms with Crippen LogP contribution in [0.2, 0.25) is 5.02 Å². The van der Waals surface area contributed by atoms with Crippen LogP contribution in [0, 0.1) is 10.1 Å². The van der Waals surface area contributed by atoms with Crippen molar-refractivity contribution in [2.45, 2.75) is 25.8 Å². The Morgan fingerprint density at radius 1 is 1.21 bits per heavy atom. The Hall–Kier alpha value is -3.19. The molecule has 1 aliphatic rings. The highest BCUT2D eigenvalue weighted by Gasteiger charge is 2.46. The average molecular weight is 415 g/mol. The van der Waals surface area contributed by atoms with Gasteiger partial charge < -0.3 is 10.0 Å². The number of likely N-dealkylation sites (tertiary alicyclic amines) is 1. The first kappa shape index (κ1) is 20.5. The van der Waals surface area contributed by atoms with Gasteiger partial charge in [0, 0.05) is 29.3 Å². The van der Waals surface area contributed by atoms with Gasteiger partial charge in [-0.1, -0.05) is 37.1 Å². The molecular weight excluding hydrogens is 396 g/mol. The van der Waals surface area contributed by atoms with Crippen molar-refractivity contribution in [1.29, 1.82) is 0 Å². The van der Waals surface area contributed by atoms with E-state index < -0.39 is 22.7 Å². The van der Waals surface area contributed by atoms with Crippen LogP contribution in [0.1, 0.15) is 36.9 Å². The normalized spacial score (nSPS) is 18.3. The summed E-state index contributed by atoms with van der Waals surface area (Å²) in [6.07, 6.45) is 1.45. The summed E-state index contributed by atoms with van der Waals surface area (Å²) in [5.74, 6) is -1.88. The highest BCUT2D eigenvalue weighted by molar-refractivity contribution is 6.46. The van der Waals surface area contributed by atoms with Crippen molar-refractivity contribution in [3.8, 4) is 0 Å². The number of non-ortho nitro benzene ring substituents is 1. The molecule has 8 heteroatoms. The fraction of sp³-hybridized carbons (Fsp3) is 0.238. The van der Waals surface area contributed by atoms with Crippen molar-refractivity contribution in [1.82, 2.24) is 4.90 Å². The summed E-state index contributed by atoms with van der Waals surface area (Å²) < 4.78 is 0. The monoisotopic (exact) mass is 414 g/mol. The number of aliphatic hydroxyl groups is 1. The number of nitro groups is 1. The molecule has 1 N–H and O–H groups in total. The van der Waals surface area contributed by atoms with Gasteiger partial charge in [-0.15, -0.1) is 0 Å². The van der Waals surface area contributed by atoms with Crippen LogP contribution >= 0.6 is 11.6 Å². The standard InChI is InChI=1S/C21H19ClN2O5/c1-2-3-11-23-18(14-5-4-6-16(12-14)24(28)29)17(20(26)21(23)27)19(25)13-7-9-15(22)10-8-13/h4-10,12,18,25H,2-3,11H2,1H3/t18-/m0/s1. The summed E-state index contributed by atoms with van der Waals surface area (Å²) in [4.78, 5) is 37.5. The number of ketones is 1. The molecule has 0 bridgehead atoms. The first-order valence-corrected chi connectivity index (χ1v) is 9.51. The first-order valence-electron chi connectivity index (χ1n) is 9.13. The van der Waals surface area contributed by atoms with Gasteiger partial charge in [-0.2, -0.15) is 0 Å². The first-order chi connectivity index (χ1) is 13.8. The molecule has 3 rings (SSSR count). The van der Waals surface area contributed by atoms with Crippen molar-refractivity contribution in [2.24, 2.45) is 0 Å². The Labute approximate surface area is 172 Å². The Morgan fingerprint density at radius 2 is 1.90 bits per heavy atom. The number of Topliss-reactive ketones (excluding diaryl/α,β-unsaturated/α-hetero) is 1. The maximum atomic E-state index is 12.8. The van der Waals surface area contributed by atoms with E-state index >= 15 is 0 Å². The molecule has 0 aromatic heterocycles. The minimum atomic E-state index is -0.905. The zero-order valence-corrected chi connectivity index (χ0v) is 16.4. The van der Waals surface area contributed by atoms with Gasteiger partial charge >= 0.3 is 0 Å². The highest BCUT2D eigenvalue weighted by atomic mass is 35.5. The molecule has 1 amide bonds. The molecule has 0 radical (unpaired) electrons. The van der Waals surface area contributed by atoms with Crippen LogP contribution in [-0.2, 0) is 9.59 Å². The summed E-state index contributed by atoms with van der Waals surface area (Å²) in [5.41, 5.74) is 0.479. The quantitative estimate of drug-likeness (QED) is 0.247. The molecule has 150 valence electrons. The SMILES string of the molecule is CCCCN1C(=O)C(=O)C(=C(O)c2ccc(Cl)cc2)[C@@H]1c1cccc([N+](=O)[O-])c1. The van der Waals surface area contributed by atoms with Crippen molar-refractivity contribution in [3.05, 3.63) is 80.4 Å². The van der Waals surface area contributed by atoms with Crippen LogP contribution < -0.4 is 0 Å². The third-order valence-corrected chi connectivity index (χ3v) is 5.06. The maximum absolute atomic E-state index is 12.8. The van der Waals surface area contributed by atoms with Gasteiger partial charge in [-0.05, 0) is 36.2 Å². The second-order valence-corrected chi connectivity index (χ2v) is 7.14. The lowest BCUT2D eigenvalue weighted by atomic mass is 9.95. The Balaban J connectivity index is 2.18. The molecule has 1 aliphatic heterocycles. The average Bonchev–Trinajstić information content (AvgIpc) is 2.97. The molecule has 2 aromatic carbocycles. The van der Waals surface area contributed by atoms with E-state index in [1.165, 1.54) is 23.1 Å². The minimum absolute atomic E-state index is 0.0890. The van der Waals surface area contributed by atoms with E-state index in [0.717, 1.165) is 6.42 Å². The van der Waals surface area contributed by atoms with E-state index in [9.17, 15) is 24.8 Å². The molecule has 7 nitrogen and oxygen atoms in total. The molecule has 29 heavy (non-hydrogen) atoms. The van der Waals surface area contributed by atoms with Gasteiger partial charge in [0.15, 0.2) is 0 Å². The fourth-order valence-corrected chi connectivity index (χ4v) is 3.48. The summed E-state index contributed by atoms with van der Waals surface area (Å²) >= 11 is 5.89. The molecular formula is C21H19ClN2O5. The molecule has 0 spiro atoms. The number of benzene rings is 2. The Kier molecular flexibility index (Phi) is 5.98. The van der Waals surface area contributed by atoms with Gasteiger partial charge in [-0.25, -0.2) is 0 Å². The van der Waals surface area contributed by atoms with Crippen LogP contribution in [0.25, 0.3) is 5.76 Å². The number of halogens is 1. The second kappa shape index (κ2) is 8.45. The van der Waals surface area contributed by atoms with Crippen LogP contribution in [0.3, 0.4) is 0 Å². The van der Waals surface area contributed by atoms with Gasteiger partial charge in [0.25, 0.3) is 17.4 Å². The predicted octanol–water partition coefficient (Wildman–Crippen LogP) is 4.47. The number of aliphatic hydroxyl groups excluding tert-OH is 1. The highest BCUT2D eigenvalue weighted by Crippen LogP contribution is 2.40. The van der Waals surface area contributed by atoms with Gasteiger partial charge in [0.2, 0.25) is 0 Å². The molecule has 0 saturated carbocycles. The number of unbranched alkanes of at least 4 members (excludes halogenated alkanes) is 1.